The van der Waals surface area contributed by atoms with Crippen LogP contribution in [-0.2, 0) is 25.7 Å². The van der Waals surface area contributed by atoms with Gasteiger partial charge in [-0.05, 0) is 74.8 Å². The Hall–Kier alpha value is -3.73. The van der Waals surface area contributed by atoms with E-state index >= 15 is 0 Å². The van der Waals surface area contributed by atoms with Crippen molar-refractivity contribution in [2.45, 2.75) is 58.3 Å². The van der Waals surface area contributed by atoms with E-state index in [-0.39, 0.29) is 5.78 Å². The standard InChI is InChI=1S/C34H33N2O3/c1-20(38)21-10-11-24(19-37)27(16-21)30-28-17-22-6-2-12-35-14-4-8-25(31(22)35)33(28)39-34-26-9-5-15-36-13-3-7-23(32(26)36)18-29(30)34/h10-11,16-19H,2-9,12-15H2,1H3/q+1. The van der Waals surface area contributed by atoms with Gasteiger partial charge in [0.1, 0.15) is 24.6 Å². The molecule has 0 amide bonds. The van der Waals surface area contributed by atoms with Crippen molar-refractivity contribution in [3.63, 3.8) is 0 Å². The molecule has 5 aliphatic heterocycles. The lowest BCUT2D eigenvalue weighted by molar-refractivity contribution is 0.101. The summed E-state index contributed by atoms with van der Waals surface area (Å²) in [6.07, 6.45) is 9.63. The number of rotatable bonds is 3. The molecule has 5 nitrogen and oxygen atoms in total. The highest BCUT2D eigenvalue weighted by Crippen LogP contribution is 2.48. The van der Waals surface area contributed by atoms with Crippen LogP contribution in [-0.4, -0.2) is 38.2 Å². The first-order chi connectivity index (χ1) is 19.1. The number of hydrogen-bond acceptors (Lipinski definition) is 4. The highest BCUT2D eigenvalue weighted by atomic mass is 16.5. The number of benzene rings is 3. The number of ketones is 1. The minimum absolute atomic E-state index is 0.00848. The largest absolute Gasteiger partial charge is 0.455 e. The molecular weight excluding hydrogens is 484 g/mol. The molecule has 39 heavy (non-hydrogen) atoms. The number of aryl methyl sites for hydroxylation is 2. The van der Waals surface area contributed by atoms with E-state index in [1.165, 1.54) is 33.3 Å². The quantitative estimate of drug-likeness (QED) is 0.233. The van der Waals surface area contributed by atoms with Gasteiger partial charge in [-0.2, -0.15) is 0 Å². The van der Waals surface area contributed by atoms with Crippen LogP contribution in [0.15, 0.2) is 30.3 Å². The highest BCUT2D eigenvalue weighted by Gasteiger charge is 2.36. The van der Waals surface area contributed by atoms with Crippen LogP contribution < -0.4 is 24.8 Å². The first-order valence-electron chi connectivity index (χ1n) is 14.7. The number of carbonyl (C=O) groups excluding carboxylic acids is 2. The first-order valence-corrected chi connectivity index (χ1v) is 14.7. The van der Waals surface area contributed by atoms with Crippen molar-refractivity contribution >= 4 is 23.3 Å². The lowest BCUT2D eigenvalue weighted by atomic mass is 9.81. The third-order valence-corrected chi connectivity index (χ3v) is 9.54. The monoisotopic (exact) mass is 517 g/mol. The van der Waals surface area contributed by atoms with E-state index in [1.807, 2.05) is 12.1 Å². The zero-order chi connectivity index (χ0) is 26.2. The van der Waals surface area contributed by atoms with Gasteiger partial charge in [0.15, 0.2) is 12.1 Å². The molecule has 0 spiro atoms. The molecule has 0 unspecified atom stereocenters. The van der Waals surface area contributed by atoms with Crippen LogP contribution >= 0.6 is 0 Å². The van der Waals surface area contributed by atoms with Crippen LogP contribution in [0, 0.1) is 0 Å². The molecule has 5 aliphatic rings. The fourth-order valence-corrected chi connectivity index (χ4v) is 7.90. The average Bonchev–Trinajstić information content (AvgIpc) is 2.97. The van der Waals surface area contributed by atoms with Crippen molar-refractivity contribution in [1.29, 1.82) is 0 Å². The Bertz CT molecular complexity index is 1740. The van der Waals surface area contributed by atoms with Gasteiger partial charge in [0.25, 0.3) is 0 Å². The van der Waals surface area contributed by atoms with E-state index in [9.17, 15) is 9.59 Å². The van der Waals surface area contributed by atoms with Gasteiger partial charge in [-0.3, -0.25) is 9.59 Å². The molecule has 196 valence electrons. The summed E-state index contributed by atoms with van der Waals surface area (Å²) in [5.41, 5.74) is 11.0. The summed E-state index contributed by atoms with van der Waals surface area (Å²) in [5, 5.41) is 2.47. The number of anilines is 1. The second kappa shape index (κ2) is 8.64. The molecule has 5 heterocycles. The van der Waals surface area contributed by atoms with Gasteiger partial charge < -0.3 is 9.64 Å². The van der Waals surface area contributed by atoms with Crippen LogP contribution in [0.4, 0.5) is 5.69 Å². The minimum Gasteiger partial charge on any atom is -0.455 e. The molecule has 0 radical (unpaired) electrons. The lowest BCUT2D eigenvalue weighted by Gasteiger charge is -2.39. The lowest BCUT2D eigenvalue weighted by Crippen LogP contribution is -2.45. The highest BCUT2D eigenvalue weighted by molar-refractivity contribution is 6.00. The Morgan fingerprint density at radius 2 is 1.64 bits per heavy atom. The number of fused-ring (bicyclic) bond motifs is 4. The summed E-state index contributed by atoms with van der Waals surface area (Å²) in [4.78, 5) is 27.5. The SMILES string of the molecule is CC(=O)c1ccc(C=O)c(C2=c3cc4c5c(c3Oc3c2cc2c6c3CCCN6CCC2)CCC[N+]=5CCC4)c1. The van der Waals surface area contributed by atoms with Crippen LogP contribution in [0.25, 0.3) is 5.57 Å². The van der Waals surface area contributed by atoms with Gasteiger partial charge in [-0.1, -0.05) is 12.1 Å². The summed E-state index contributed by atoms with van der Waals surface area (Å²) in [5.74, 6) is 1.95. The molecule has 0 N–H and O–H groups in total. The Morgan fingerprint density at radius 3 is 2.46 bits per heavy atom. The Morgan fingerprint density at radius 1 is 0.872 bits per heavy atom. The second-order valence-electron chi connectivity index (χ2n) is 11.8. The number of carbonyl (C=O) groups is 2. The summed E-state index contributed by atoms with van der Waals surface area (Å²) in [7, 11) is 0. The van der Waals surface area contributed by atoms with E-state index in [2.05, 4.69) is 21.6 Å². The summed E-state index contributed by atoms with van der Waals surface area (Å²) in [6.45, 7) is 6.02. The minimum atomic E-state index is 0.00848. The van der Waals surface area contributed by atoms with Crippen molar-refractivity contribution in [3.05, 3.63) is 85.4 Å². The van der Waals surface area contributed by atoms with Crippen molar-refractivity contribution < 1.29 is 14.3 Å². The number of Topliss-reactive ketones (excluding diaryl/α,β-unsaturated/α-hetero) is 1. The molecule has 3 aromatic rings. The van der Waals surface area contributed by atoms with Gasteiger partial charge in [0.05, 0.1) is 5.56 Å². The van der Waals surface area contributed by atoms with E-state index < -0.39 is 0 Å². The van der Waals surface area contributed by atoms with Crippen LogP contribution in [0.2, 0.25) is 0 Å². The number of aldehydes is 1. The van der Waals surface area contributed by atoms with Crippen LogP contribution in [0.1, 0.15) is 86.7 Å². The summed E-state index contributed by atoms with van der Waals surface area (Å²) < 4.78 is 9.65. The zero-order valence-electron chi connectivity index (χ0n) is 22.6. The van der Waals surface area contributed by atoms with Crippen molar-refractivity contribution in [3.8, 4) is 11.5 Å². The molecular formula is C34H33N2O3+. The van der Waals surface area contributed by atoms with E-state index in [0.717, 1.165) is 117 Å². The average molecular weight is 518 g/mol. The van der Waals surface area contributed by atoms with Crippen molar-refractivity contribution in [2.24, 2.45) is 0 Å². The van der Waals surface area contributed by atoms with E-state index in [4.69, 9.17) is 4.74 Å². The van der Waals surface area contributed by atoms with E-state index in [0.29, 0.717) is 11.1 Å². The first kappa shape index (κ1) is 23.2. The maximum atomic E-state index is 12.5. The van der Waals surface area contributed by atoms with Gasteiger partial charge in [0.2, 0.25) is 5.36 Å². The van der Waals surface area contributed by atoms with Crippen LogP contribution in [0.5, 0.6) is 11.5 Å². The maximum absolute atomic E-state index is 12.5. The molecule has 0 fully saturated rings. The van der Waals surface area contributed by atoms with Gasteiger partial charge >= 0.3 is 0 Å². The number of nitrogens with zero attached hydrogens (tertiary/aromatic N) is 2. The third-order valence-electron chi connectivity index (χ3n) is 9.54. The number of ether oxygens (including phenoxy) is 1. The number of hydrogen-bond donors (Lipinski definition) is 0. The summed E-state index contributed by atoms with van der Waals surface area (Å²) in [6, 6.07) is 10.2. The van der Waals surface area contributed by atoms with Crippen LogP contribution in [0.3, 0.4) is 0 Å². The summed E-state index contributed by atoms with van der Waals surface area (Å²) >= 11 is 0. The molecule has 0 aliphatic carbocycles. The fourth-order valence-electron chi connectivity index (χ4n) is 7.90. The predicted molar refractivity (Wildman–Crippen MR) is 152 cm³/mol. The van der Waals surface area contributed by atoms with Gasteiger partial charge in [-0.15, -0.1) is 0 Å². The molecule has 3 aromatic carbocycles. The molecule has 8 rings (SSSR count). The molecule has 0 bridgehead atoms. The van der Waals surface area contributed by atoms with Gasteiger partial charge in [0, 0.05) is 70.2 Å². The predicted octanol–water partition coefficient (Wildman–Crippen LogP) is 4.14. The Balaban J connectivity index is 1.54. The van der Waals surface area contributed by atoms with Gasteiger partial charge in [-0.25, -0.2) is 4.58 Å². The Labute approximate surface area is 228 Å². The molecule has 0 saturated carbocycles. The smallest absolute Gasteiger partial charge is 0.210 e. The molecule has 0 atom stereocenters. The topological polar surface area (TPSA) is 49.6 Å². The fraction of sp³-hybridized carbons (Fsp3) is 0.382. The molecule has 0 aromatic heterocycles. The molecule has 5 heteroatoms. The third kappa shape index (κ3) is 3.35. The van der Waals surface area contributed by atoms with Crippen molar-refractivity contribution in [2.75, 3.05) is 31.1 Å². The Kier molecular flexibility index (Phi) is 5.13. The molecule has 0 saturated heterocycles. The van der Waals surface area contributed by atoms with Crippen molar-refractivity contribution in [1.82, 2.24) is 4.58 Å². The maximum Gasteiger partial charge on any atom is 0.210 e. The normalized spacial score (nSPS) is 18.4. The van der Waals surface area contributed by atoms with E-state index in [1.54, 1.807) is 13.0 Å². The second-order valence-corrected chi connectivity index (χ2v) is 11.8. The zero-order valence-corrected chi connectivity index (χ0v) is 22.6.